The van der Waals surface area contributed by atoms with Gasteiger partial charge in [0.15, 0.2) is 0 Å². The van der Waals surface area contributed by atoms with E-state index in [1.165, 1.54) is 0 Å². The van der Waals surface area contributed by atoms with Gasteiger partial charge in [0, 0.05) is 35.8 Å². The lowest BCUT2D eigenvalue weighted by atomic mass is 9.92. The lowest BCUT2D eigenvalue weighted by molar-refractivity contribution is -0.119. The first-order valence-corrected chi connectivity index (χ1v) is 6.91. The Hall–Kier alpha value is -1.26. The molecule has 1 heterocycles. The summed E-state index contributed by atoms with van der Waals surface area (Å²) in [6.07, 6.45) is 2.36. The molecule has 0 atom stereocenters. The average Bonchev–Trinajstić information content (AvgIpc) is 2.38. The molecule has 0 aliphatic carbocycles. The van der Waals surface area contributed by atoms with E-state index in [1.807, 2.05) is 12.1 Å². The quantitative estimate of drug-likeness (QED) is 0.887. The van der Waals surface area contributed by atoms with Crippen LogP contribution in [0.15, 0.2) is 18.2 Å². The monoisotopic (exact) mass is 282 g/mol. The van der Waals surface area contributed by atoms with Crippen LogP contribution in [0.5, 0.6) is 0 Å². The van der Waals surface area contributed by atoms with Gasteiger partial charge in [-0.05, 0) is 30.9 Å². The molecule has 1 aliphatic heterocycles. The minimum atomic E-state index is -0.225. The molecule has 1 amide bonds. The third-order valence-electron chi connectivity index (χ3n) is 3.70. The Balaban J connectivity index is 2.05. The van der Waals surface area contributed by atoms with Gasteiger partial charge in [0.2, 0.25) is 5.91 Å². The highest BCUT2D eigenvalue weighted by molar-refractivity contribution is 6.31. The van der Waals surface area contributed by atoms with Crippen molar-refractivity contribution in [3.8, 4) is 0 Å². The summed E-state index contributed by atoms with van der Waals surface area (Å²) in [4.78, 5) is 13.1. The first-order chi connectivity index (χ1) is 9.11. The number of aliphatic hydroxyl groups is 1. The molecule has 5 heteroatoms. The third kappa shape index (κ3) is 3.39. The molecule has 0 radical (unpaired) electrons. The van der Waals surface area contributed by atoms with Crippen molar-refractivity contribution < 1.29 is 9.90 Å². The predicted molar refractivity (Wildman–Crippen MR) is 76.1 cm³/mol. The number of hydrogen-bond acceptors (Lipinski definition) is 3. The SMILES string of the molecule is NC(=O)CC1CCN(c2cccc(Cl)c2CO)CC1. The first-order valence-electron chi connectivity index (χ1n) is 6.53. The van der Waals surface area contributed by atoms with Crippen molar-refractivity contribution in [3.63, 3.8) is 0 Å². The molecule has 1 aromatic rings. The van der Waals surface area contributed by atoms with Crippen molar-refractivity contribution in [1.29, 1.82) is 0 Å². The molecule has 3 N–H and O–H groups in total. The number of aliphatic hydroxyl groups excluding tert-OH is 1. The van der Waals surface area contributed by atoms with Crippen molar-refractivity contribution in [3.05, 3.63) is 28.8 Å². The summed E-state index contributed by atoms with van der Waals surface area (Å²) in [5.74, 6) is 0.155. The Labute approximate surface area is 118 Å². The normalized spacial score (nSPS) is 16.6. The number of nitrogens with zero attached hydrogens (tertiary/aromatic N) is 1. The lowest BCUT2D eigenvalue weighted by Gasteiger charge is -2.34. The smallest absolute Gasteiger partial charge is 0.217 e. The molecule has 1 aliphatic rings. The Morgan fingerprint density at radius 1 is 1.42 bits per heavy atom. The Bertz CT molecular complexity index is 457. The van der Waals surface area contributed by atoms with Crippen molar-refractivity contribution >= 4 is 23.2 Å². The van der Waals surface area contributed by atoms with Crippen LogP contribution < -0.4 is 10.6 Å². The number of anilines is 1. The summed E-state index contributed by atoms with van der Waals surface area (Å²) in [7, 11) is 0. The highest BCUT2D eigenvalue weighted by atomic mass is 35.5. The van der Waals surface area contributed by atoms with Crippen LogP contribution in [0.2, 0.25) is 5.02 Å². The van der Waals surface area contributed by atoms with Gasteiger partial charge in [-0.1, -0.05) is 17.7 Å². The molecule has 1 fully saturated rings. The molecule has 4 nitrogen and oxygen atoms in total. The van der Waals surface area contributed by atoms with Gasteiger partial charge in [-0.2, -0.15) is 0 Å². The van der Waals surface area contributed by atoms with Gasteiger partial charge in [0.25, 0.3) is 0 Å². The van der Waals surface area contributed by atoms with Crippen LogP contribution in [-0.2, 0) is 11.4 Å². The lowest BCUT2D eigenvalue weighted by Crippen LogP contribution is -2.35. The summed E-state index contributed by atoms with van der Waals surface area (Å²) in [5.41, 5.74) is 7.00. The number of halogens is 1. The zero-order chi connectivity index (χ0) is 13.8. The maximum Gasteiger partial charge on any atom is 0.217 e. The molecule has 0 bridgehead atoms. The molecule has 2 rings (SSSR count). The number of carbonyl (C=O) groups is 1. The predicted octanol–water partition coefficient (Wildman–Crippen LogP) is 1.92. The van der Waals surface area contributed by atoms with E-state index in [9.17, 15) is 9.90 Å². The summed E-state index contributed by atoms with van der Waals surface area (Å²) >= 11 is 6.10. The van der Waals surface area contributed by atoms with Crippen LogP contribution in [0.3, 0.4) is 0 Å². The first kappa shape index (κ1) is 14.2. The Morgan fingerprint density at radius 3 is 2.68 bits per heavy atom. The zero-order valence-corrected chi connectivity index (χ0v) is 11.6. The van der Waals surface area contributed by atoms with E-state index in [-0.39, 0.29) is 12.5 Å². The second kappa shape index (κ2) is 6.26. The molecular formula is C14H19ClN2O2. The van der Waals surface area contributed by atoms with Crippen molar-refractivity contribution in [2.45, 2.75) is 25.9 Å². The number of carbonyl (C=O) groups excluding carboxylic acids is 1. The zero-order valence-electron chi connectivity index (χ0n) is 10.8. The number of amides is 1. The molecule has 0 saturated carbocycles. The number of benzene rings is 1. The second-order valence-electron chi connectivity index (χ2n) is 5.00. The van der Waals surface area contributed by atoms with Gasteiger partial charge in [-0.3, -0.25) is 4.79 Å². The van der Waals surface area contributed by atoms with Crippen LogP contribution in [-0.4, -0.2) is 24.1 Å². The van der Waals surface area contributed by atoms with Crippen molar-refractivity contribution in [1.82, 2.24) is 0 Å². The summed E-state index contributed by atoms with van der Waals surface area (Å²) in [5, 5.41) is 10.0. The summed E-state index contributed by atoms with van der Waals surface area (Å²) in [6.45, 7) is 1.67. The fourth-order valence-corrected chi connectivity index (χ4v) is 2.89. The van der Waals surface area contributed by atoms with Gasteiger partial charge >= 0.3 is 0 Å². The van der Waals surface area contributed by atoms with Crippen molar-refractivity contribution in [2.75, 3.05) is 18.0 Å². The maximum atomic E-state index is 10.9. The number of piperidine rings is 1. The number of hydrogen-bond donors (Lipinski definition) is 2. The van der Waals surface area contributed by atoms with Gasteiger partial charge in [-0.25, -0.2) is 0 Å². The van der Waals surface area contributed by atoms with E-state index in [1.54, 1.807) is 6.07 Å². The van der Waals surface area contributed by atoms with E-state index in [0.717, 1.165) is 37.2 Å². The van der Waals surface area contributed by atoms with Crippen LogP contribution in [0.1, 0.15) is 24.8 Å². The van der Waals surface area contributed by atoms with E-state index in [2.05, 4.69) is 4.90 Å². The Kier molecular flexibility index (Phi) is 4.66. The maximum absolute atomic E-state index is 10.9. The molecule has 1 aromatic carbocycles. The fraction of sp³-hybridized carbons (Fsp3) is 0.500. The summed E-state index contributed by atoms with van der Waals surface area (Å²) < 4.78 is 0. The topological polar surface area (TPSA) is 66.6 Å². The van der Waals surface area contributed by atoms with Gasteiger partial charge in [0.1, 0.15) is 0 Å². The number of primary amides is 1. The van der Waals surface area contributed by atoms with Crippen LogP contribution >= 0.6 is 11.6 Å². The second-order valence-corrected chi connectivity index (χ2v) is 5.40. The van der Waals surface area contributed by atoms with Crippen molar-refractivity contribution in [2.24, 2.45) is 11.7 Å². The largest absolute Gasteiger partial charge is 0.392 e. The summed E-state index contributed by atoms with van der Waals surface area (Å²) in [6, 6.07) is 5.66. The molecule has 0 spiro atoms. The Morgan fingerprint density at radius 2 is 2.11 bits per heavy atom. The molecule has 0 aromatic heterocycles. The van der Waals surface area contributed by atoms with Crippen LogP contribution in [0.25, 0.3) is 0 Å². The fourth-order valence-electron chi connectivity index (χ4n) is 2.66. The minimum Gasteiger partial charge on any atom is -0.392 e. The molecule has 1 saturated heterocycles. The molecule has 0 unspecified atom stereocenters. The average molecular weight is 283 g/mol. The molecular weight excluding hydrogens is 264 g/mol. The molecule has 19 heavy (non-hydrogen) atoms. The number of rotatable bonds is 4. The van der Waals surface area contributed by atoms with Crippen LogP contribution in [0, 0.1) is 5.92 Å². The number of nitrogens with two attached hydrogens (primary N) is 1. The van der Waals surface area contributed by atoms with E-state index < -0.39 is 0 Å². The highest BCUT2D eigenvalue weighted by Gasteiger charge is 2.22. The minimum absolute atomic E-state index is 0.0593. The van der Waals surface area contributed by atoms with Gasteiger partial charge in [-0.15, -0.1) is 0 Å². The highest BCUT2D eigenvalue weighted by Crippen LogP contribution is 2.31. The van der Waals surface area contributed by atoms with Crippen LogP contribution in [0.4, 0.5) is 5.69 Å². The van der Waals surface area contributed by atoms with Gasteiger partial charge < -0.3 is 15.7 Å². The van der Waals surface area contributed by atoms with Gasteiger partial charge in [0.05, 0.1) is 6.61 Å². The van der Waals surface area contributed by atoms with E-state index in [0.29, 0.717) is 17.4 Å². The van der Waals surface area contributed by atoms with E-state index in [4.69, 9.17) is 17.3 Å². The third-order valence-corrected chi connectivity index (χ3v) is 4.05. The standard InChI is InChI=1S/C14H19ClN2O2/c15-12-2-1-3-13(11(12)9-18)17-6-4-10(5-7-17)8-14(16)19/h1-3,10,18H,4-9H2,(H2,16,19). The molecule has 104 valence electrons. The van der Waals surface area contributed by atoms with E-state index >= 15 is 0 Å².